The van der Waals surface area contributed by atoms with Gasteiger partial charge in [0.05, 0.1) is 24.2 Å². The number of hydrazine groups is 1. The van der Waals surface area contributed by atoms with Crippen molar-refractivity contribution in [1.82, 2.24) is 15.8 Å². The Kier molecular flexibility index (Phi) is 7.85. The molecule has 1 fully saturated rings. The molecule has 2 heterocycles. The maximum absolute atomic E-state index is 12.8. The number of benzene rings is 1. The highest BCUT2D eigenvalue weighted by Gasteiger charge is 2.33. The molecule has 33 heavy (non-hydrogen) atoms. The van der Waals surface area contributed by atoms with Gasteiger partial charge in [-0.05, 0) is 43.2 Å². The van der Waals surface area contributed by atoms with Gasteiger partial charge in [0.2, 0.25) is 5.91 Å². The summed E-state index contributed by atoms with van der Waals surface area (Å²) in [5.41, 5.74) is 4.59. The molecule has 3 N–H and O–H groups in total. The molecule has 0 spiro atoms. The van der Waals surface area contributed by atoms with E-state index in [1.807, 2.05) is 0 Å². The van der Waals surface area contributed by atoms with Crippen LogP contribution in [0.2, 0.25) is 5.02 Å². The molecule has 1 aliphatic heterocycles. The van der Waals surface area contributed by atoms with E-state index in [9.17, 15) is 22.8 Å². The van der Waals surface area contributed by atoms with Crippen LogP contribution in [0.5, 0.6) is 5.75 Å². The number of methoxy groups -OCH3 is 1. The predicted octanol–water partition coefficient (Wildman–Crippen LogP) is 3.24. The molecule has 12 heteroatoms. The van der Waals surface area contributed by atoms with Crippen LogP contribution in [0.3, 0.4) is 0 Å². The van der Waals surface area contributed by atoms with Gasteiger partial charge in [0, 0.05) is 30.9 Å². The Morgan fingerprint density at radius 3 is 2.42 bits per heavy atom. The van der Waals surface area contributed by atoms with Crippen molar-refractivity contribution < 1.29 is 27.5 Å². The first-order valence-electron chi connectivity index (χ1n) is 10.1. The van der Waals surface area contributed by atoms with E-state index >= 15 is 0 Å². The maximum Gasteiger partial charge on any atom is 0.417 e. The highest BCUT2D eigenvalue weighted by molar-refractivity contribution is 6.33. The number of amides is 2. The number of nitrogens with one attached hydrogen (secondary N) is 3. The van der Waals surface area contributed by atoms with E-state index in [1.54, 1.807) is 36.3 Å². The molecule has 0 saturated carbocycles. The molecule has 8 nitrogen and oxygen atoms in total. The Bertz CT molecular complexity index is 980. The number of halogens is 4. The molecule has 0 bridgehead atoms. The molecule has 1 aliphatic rings. The molecule has 1 aromatic carbocycles. The number of pyridine rings is 1. The van der Waals surface area contributed by atoms with Crippen molar-refractivity contribution >= 4 is 34.9 Å². The highest BCUT2D eigenvalue weighted by atomic mass is 35.5. The van der Waals surface area contributed by atoms with Crippen molar-refractivity contribution in [1.29, 1.82) is 0 Å². The molecule has 1 aromatic heterocycles. The number of anilines is 2. The molecular weight excluding hydrogens is 463 g/mol. The number of ether oxygens (including phenoxy) is 1. The predicted molar refractivity (Wildman–Crippen MR) is 117 cm³/mol. The zero-order chi connectivity index (χ0) is 24.0. The quantitative estimate of drug-likeness (QED) is 0.544. The van der Waals surface area contributed by atoms with Gasteiger partial charge >= 0.3 is 6.18 Å². The van der Waals surface area contributed by atoms with Crippen LogP contribution in [0.1, 0.15) is 18.4 Å². The maximum atomic E-state index is 12.8. The first-order valence-corrected chi connectivity index (χ1v) is 10.5. The lowest BCUT2D eigenvalue weighted by Gasteiger charge is -2.32. The van der Waals surface area contributed by atoms with Gasteiger partial charge in [-0.15, -0.1) is 0 Å². The third kappa shape index (κ3) is 6.64. The largest absolute Gasteiger partial charge is 0.497 e. The molecular formula is C21H23ClF3N5O3. The van der Waals surface area contributed by atoms with Crippen molar-refractivity contribution in [2.45, 2.75) is 19.0 Å². The summed E-state index contributed by atoms with van der Waals surface area (Å²) in [6.45, 7) is 0.745. The summed E-state index contributed by atoms with van der Waals surface area (Å²) in [5, 5.41) is 2.83. The third-order valence-electron chi connectivity index (χ3n) is 5.18. The van der Waals surface area contributed by atoms with Gasteiger partial charge in [-0.2, -0.15) is 13.2 Å². The van der Waals surface area contributed by atoms with Crippen LogP contribution in [0, 0.1) is 5.92 Å². The highest BCUT2D eigenvalue weighted by Crippen LogP contribution is 2.34. The van der Waals surface area contributed by atoms with Crippen molar-refractivity contribution in [2.75, 3.05) is 37.0 Å². The Balaban J connectivity index is 1.42. The Morgan fingerprint density at radius 1 is 1.18 bits per heavy atom. The van der Waals surface area contributed by atoms with E-state index in [0.717, 1.165) is 18.0 Å². The lowest BCUT2D eigenvalue weighted by Crippen LogP contribution is -2.48. The number of carbonyl (C=O) groups is 2. The van der Waals surface area contributed by atoms with E-state index in [1.165, 1.54) is 0 Å². The smallest absolute Gasteiger partial charge is 0.417 e. The molecule has 0 radical (unpaired) electrons. The standard InChI is InChI=1S/C21H23ClF3N5O3/c1-33-16-4-2-15(3-5-16)26-12-18(31)28-29-20(32)13-6-8-30(9-7-13)19-17(22)10-14(11-27-19)21(23,24)25/h2-5,10-11,13,26H,6-9,12H2,1H3,(H,28,31)(H,29,32). The van der Waals surface area contributed by atoms with Crippen LogP contribution in [-0.4, -0.2) is 43.5 Å². The Hall–Kier alpha value is -3.21. The van der Waals surface area contributed by atoms with Gasteiger partial charge in [-0.3, -0.25) is 20.4 Å². The fraction of sp³-hybridized carbons (Fsp3) is 0.381. The van der Waals surface area contributed by atoms with Crippen LogP contribution in [0.4, 0.5) is 24.7 Å². The minimum absolute atomic E-state index is 0.0385. The van der Waals surface area contributed by atoms with Crippen molar-refractivity contribution in [3.63, 3.8) is 0 Å². The normalized spacial score (nSPS) is 14.5. The average Bonchev–Trinajstić information content (AvgIpc) is 2.81. The number of aromatic nitrogens is 1. The molecule has 178 valence electrons. The van der Waals surface area contributed by atoms with Crippen molar-refractivity contribution in [3.8, 4) is 5.75 Å². The number of piperidine rings is 1. The number of rotatable bonds is 6. The van der Waals surface area contributed by atoms with Crippen LogP contribution < -0.4 is 25.8 Å². The molecule has 1 saturated heterocycles. The van der Waals surface area contributed by atoms with Gasteiger partial charge in [0.15, 0.2) is 0 Å². The molecule has 0 aliphatic carbocycles. The summed E-state index contributed by atoms with van der Waals surface area (Å²) in [6.07, 6.45) is -2.90. The number of hydrogen-bond acceptors (Lipinski definition) is 6. The lowest BCUT2D eigenvalue weighted by atomic mass is 9.96. The zero-order valence-electron chi connectivity index (χ0n) is 17.7. The molecule has 2 aromatic rings. The van der Waals surface area contributed by atoms with Gasteiger partial charge < -0.3 is 15.0 Å². The van der Waals surface area contributed by atoms with Crippen molar-refractivity contribution in [3.05, 3.63) is 47.1 Å². The summed E-state index contributed by atoms with van der Waals surface area (Å²) < 4.78 is 43.4. The summed E-state index contributed by atoms with van der Waals surface area (Å²) in [7, 11) is 1.56. The van der Waals surface area contributed by atoms with Gasteiger partial charge in [0.25, 0.3) is 5.91 Å². The topological polar surface area (TPSA) is 95.6 Å². The summed E-state index contributed by atoms with van der Waals surface area (Å²) >= 11 is 6.00. The van der Waals surface area contributed by atoms with Crippen LogP contribution in [-0.2, 0) is 15.8 Å². The number of carbonyl (C=O) groups excluding carboxylic acids is 2. The van der Waals surface area contributed by atoms with Gasteiger partial charge in [-0.25, -0.2) is 4.98 Å². The first-order chi connectivity index (χ1) is 15.7. The summed E-state index contributed by atoms with van der Waals surface area (Å²) in [5.74, 6) is -0.165. The number of hydrogen-bond donors (Lipinski definition) is 3. The second-order valence-corrected chi connectivity index (χ2v) is 7.82. The van der Waals surface area contributed by atoms with E-state index in [2.05, 4.69) is 21.2 Å². The van der Waals surface area contributed by atoms with Crippen LogP contribution in [0.25, 0.3) is 0 Å². The fourth-order valence-corrected chi connectivity index (χ4v) is 3.63. The van der Waals surface area contributed by atoms with E-state index in [4.69, 9.17) is 16.3 Å². The second-order valence-electron chi connectivity index (χ2n) is 7.41. The zero-order valence-corrected chi connectivity index (χ0v) is 18.5. The van der Waals surface area contributed by atoms with Gasteiger partial charge in [0.1, 0.15) is 11.6 Å². The number of alkyl halides is 3. The Morgan fingerprint density at radius 2 is 1.85 bits per heavy atom. The van der Waals surface area contributed by atoms with E-state index in [0.29, 0.717) is 31.7 Å². The minimum atomic E-state index is -4.52. The average molecular weight is 486 g/mol. The SMILES string of the molecule is COc1ccc(NCC(=O)NNC(=O)C2CCN(c3ncc(C(F)(F)F)cc3Cl)CC2)cc1. The third-order valence-corrected chi connectivity index (χ3v) is 5.46. The van der Waals surface area contributed by atoms with Crippen LogP contribution in [0.15, 0.2) is 36.5 Å². The first kappa shape index (κ1) is 24.4. The summed E-state index contributed by atoms with van der Waals surface area (Å²) in [6, 6.07) is 7.87. The van der Waals surface area contributed by atoms with Gasteiger partial charge in [-0.1, -0.05) is 11.6 Å². The number of nitrogens with zero attached hydrogens (tertiary/aromatic N) is 2. The molecule has 3 rings (SSSR count). The lowest BCUT2D eigenvalue weighted by molar-refractivity contribution is -0.137. The summed E-state index contributed by atoms with van der Waals surface area (Å²) in [4.78, 5) is 29.9. The molecule has 0 unspecified atom stereocenters. The monoisotopic (exact) mass is 485 g/mol. The van der Waals surface area contributed by atoms with E-state index < -0.39 is 17.6 Å². The molecule has 2 amide bonds. The van der Waals surface area contributed by atoms with Crippen molar-refractivity contribution in [2.24, 2.45) is 5.92 Å². The van der Waals surface area contributed by atoms with E-state index in [-0.39, 0.29) is 29.2 Å². The van der Waals surface area contributed by atoms with Crippen LogP contribution >= 0.6 is 11.6 Å². The second kappa shape index (κ2) is 10.6. The molecule has 0 atom stereocenters. The fourth-order valence-electron chi connectivity index (χ4n) is 3.34. The Labute approximate surface area is 193 Å². The minimum Gasteiger partial charge on any atom is -0.497 e.